The highest BCUT2D eigenvalue weighted by atomic mass is 16.5. The Morgan fingerprint density at radius 1 is 1.24 bits per heavy atom. The summed E-state index contributed by atoms with van der Waals surface area (Å²) in [6, 6.07) is 6.37. The molecule has 0 bridgehead atoms. The Balaban J connectivity index is 1.73. The summed E-state index contributed by atoms with van der Waals surface area (Å²) in [7, 11) is 1.34. The van der Waals surface area contributed by atoms with Crippen molar-refractivity contribution in [1.29, 1.82) is 0 Å². The van der Waals surface area contributed by atoms with E-state index in [1.165, 1.54) is 7.11 Å². The molecule has 1 aromatic carbocycles. The number of hydrogen-bond acceptors (Lipinski definition) is 4. The summed E-state index contributed by atoms with van der Waals surface area (Å²) < 4.78 is 4.84. The topological polar surface area (TPSA) is 75.7 Å². The number of methoxy groups -OCH3 is 1. The van der Waals surface area contributed by atoms with Crippen molar-refractivity contribution in [3.8, 4) is 0 Å². The molecule has 2 aliphatic rings. The normalized spacial score (nSPS) is 25.2. The van der Waals surface area contributed by atoms with Gasteiger partial charge in [0.05, 0.1) is 7.11 Å². The van der Waals surface area contributed by atoms with Gasteiger partial charge >= 0.3 is 5.97 Å². The minimum Gasteiger partial charge on any atom is -0.467 e. The zero-order valence-electron chi connectivity index (χ0n) is 14.7. The van der Waals surface area contributed by atoms with Gasteiger partial charge in [0.2, 0.25) is 5.91 Å². The fraction of sp³-hybridized carbons (Fsp3) is 0.526. The average Bonchev–Trinajstić information content (AvgIpc) is 3.37. The second kappa shape index (κ2) is 7.25. The second-order valence-electron chi connectivity index (χ2n) is 6.92. The minimum absolute atomic E-state index is 0.00232. The van der Waals surface area contributed by atoms with E-state index < -0.39 is 6.04 Å². The maximum absolute atomic E-state index is 12.9. The van der Waals surface area contributed by atoms with Crippen molar-refractivity contribution in [2.24, 2.45) is 11.8 Å². The van der Waals surface area contributed by atoms with Crippen LogP contribution in [0.2, 0.25) is 0 Å². The first-order chi connectivity index (χ1) is 12.0. The van der Waals surface area contributed by atoms with E-state index in [1.54, 1.807) is 29.2 Å². The fourth-order valence-electron chi connectivity index (χ4n) is 3.37. The Kier molecular flexibility index (Phi) is 5.06. The first kappa shape index (κ1) is 17.5. The van der Waals surface area contributed by atoms with E-state index in [1.807, 2.05) is 6.92 Å². The smallest absolute Gasteiger partial charge is 0.328 e. The number of hydrogen-bond donors (Lipinski definition) is 1. The maximum Gasteiger partial charge on any atom is 0.328 e. The molecule has 1 aromatic rings. The standard InChI is InChI=1S/C19H24N2O4/c1-12-10-15(12)17(22)20-14-7-5-6-13(11-14)18(23)21-9-4-3-8-16(21)19(24)25-2/h5-7,11-12,15-16H,3-4,8-10H2,1-2H3,(H,20,22)/t12-,15-,16+/m1/s1. The molecule has 0 aromatic heterocycles. The van der Waals surface area contributed by atoms with Crippen molar-refractivity contribution in [2.75, 3.05) is 19.0 Å². The van der Waals surface area contributed by atoms with Crippen LogP contribution >= 0.6 is 0 Å². The molecule has 3 rings (SSSR count). The zero-order chi connectivity index (χ0) is 18.0. The Hall–Kier alpha value is -2.37. The monoisotopic (exact) mass is 344 g/mol. The van der Waals surface area contributed by atoms with Gasteiger partial charge in [0, 0.05) is 23.7 Å². The third kappa shape index (κ3) is 3.83. The van der Waals surface area contributed by atoms with Gasteiger partial charge in [-0.3, -0.25) is 9.59 Å². The molecule has 1 aliphatic heterocycles. The highest BCUT2D eigenvalue weighted by molar-refractivity contribution is 5.99. The molecule has 0 spiro atoms. The quantitative estimate of drug-likeness (QED) is 0.851. The number of anilines is 1. The number of amides is 2. The summed E-state index contributed by atoms with van der Waals surface area (Å²) in [6.45, 7) is 2.59. The highest BCUT2D eigenvalue weighted by Crippen LogP contribution is 2.38. The van der Waals surface area contributed by atoms with E-state index >= 15 is 0 Å². The van der Waals surface area contributed by atoms with E-state index in [9.17, 15) is 14.4 Å². The first-order valence-electron chi connectivity index (χ1n) is 8.81. The number of nitrogens with one attached hydrogen (secondary N) is 1. The van der Waals surface area contributed by atoms with E-state index in [0.29, 0.717) is 30.1 Å². The SMILES string of the molecule is COC(=O)[C@@H]1CCCCN1C(=O)c1cccc(NC(=O)[C@@H]2C[C@H]2C)c1. The van der Waals surface area contributed by atoms with Crippen LogP contribution in [0, 0.1) is 11.8 Å². The van der Waals surface area contributed by atoms with Crippen LogP contribution < -0.4 is 5.32 Å². The lowest BCUT2D eigenvalue weighted by Gasteiger charge is -2.33. The molecule has 0 radical (unpaired) electrons. The molecule has 3 atom stereocenters. The van der Waals surface area contributed by atoms with Crippen LogP contribution in [0.25, 0.3) is 0 Å². The number of likely N-dealkylation sites (tertiary alicyclic amines) is 1. The van der Waals surface area contributed by atoms with E-state index in [2.05, 4.69) is 5.32 Å². The van der Waals surface area contributed by atoms with Crippen molar-refractivity contribution in [3.05, 3.63) is 29.8 Å². The highest BCUT2D eigenvalue weighted by Gasteiger charge is 2.39. The number of nitrogens with zero attached hydrogens (tertiary/aromatic N) is 1. The number of esters is 1. The van der Waals surface area contributed by atoms with E-state index in [0.717, 1.165) is 19.3 Å². The van der Waals surface area contributed by atoms with Crippen molar-refractivity contribution in [2.45, 2.75) is 38.6 Å². The van der Waals surface area contributed by atoms with Crippen molar-refractivity contribution in [3.63, 3.8) is 0 Å². The van der Waals surface area contributed by atoms with Gasteiger partial charge in [-0.15, -0.1) is 0 Å². The number of benzene rings is 1. The van der Waals surface area contributed by atoms with Gasteiger partial charge in [-0.25, -0.2) is 4.79 Å². The molecule has 1 aliphatic carbocycles. The van der Waals surface area contributed by atoms with Crippen LogP contribution in [0.1, 0.15) is 43.0 Å². The van der Waals surface area contributed by atoms with Gasteiger partial charge in [0.25, 0.3) is 5.91 Å². The molecule has 6 heteroatoms. The van der Waals surface area contributed by atoms with Gasteiger partial charge in [0.1, 0.15) is 6.04 Å². The van der Waals surface area contributed by atoms with Gasteiger partial charge in [0.15, 0.2) is 0 Å². The molecular weight excluding hydrogens is 320 g/mol. The lowest BCUT2D eigenvalue weighted by atomic mass is 10.0. The van der Waals surface area contributed by atoms with Gasteiger partial charge in [-0.2, -0.15) is 0 Å². The number of ether oxygens (including phenoxy) is 1. The van der Waals surface area contributed by atoms with Gasteiger partial charge < -0.3 is 15.0 Å². The molecule has 0 unspecified atom stereocenters. The van der Waals surface area contributed by atoms with Crippen LogP contribution in [0.3, 0.4) is 0 Å². The van der Waals surface area contributed by atoms with E-state index in [-0.39, 0.29) is 23.7 Å². The number of rotatable bonds is 4. The molecule has 134 valence electrons. The Labute approximate surface area is 147 Å². The van der Waals surface area contributed by atoms with Crippen molar-refractivity contribution in [1.82, 2.24) is 4.90 Å². The number of piperidine rings is 1. The zero-order valence-corrected chi connectivity index (χ0v) is 14.7. The van der Waals surface area contributed by atoms with Crippen LogP contribution in [0.15, 0.2) is 24.3 Å². The van der Waals surface area contributed by atoms with Gasteiger partial charge in [-0.05, 0) is 49.8 Å². The molecule has 2 amide bonds. The largest absolute Gasteiger partial charge is 0.467 e. The van der Waals surface area contributed by atoms with Crippen LogP contribution in [0.5, 0.6) is 0 Å². The molecule has 6 nitrogen and oxygen atoms in total. The van der Waals surface area contributed by atoms with E-state index in [4.69, 9.17) is 4.74 Å². The molecule has 2 fully saturated rings. The minimum atomic E-state index is -0.531. The van der Waals surface area contributed by atoms with Crippen molar-refractivity contribution >= 4 is 23.5 Å². The summed E-state index contributed by atoms with van der Waals surface area (Å²) in [5, 5.41) is 2.88. The van der Waals surface area contributed by atoms with Gasteiger partial charge in [-0.1, -0.05) is 13.0 Å². The number of carbonyl (C=O) groups excluding carboxylic acids is 3. The van der Waals surface area contributed by atoms with Crippen LogP contribution in [0.4, 0.5) is 5.69 Å². The first-order valence-corrected chi connectivity index (χ1v) is 8.81. The summed E-state index contributed by atoms with van der Waals surface area (Å²) >= 11 is 0. The molecular formula is C19H24N2O4. The van der Waals surface area contributed by atoms with Crippen LogP contribution in [-0.2, 0) is 14.3 Å². The Morgan fingerprint density at radius 3 is 2.68 bits per heavy atom. The van der Waals surface area contributed by atoms with Crippen molar-refractivity contribution < 1.29 is 19.1 Å². The fourth-order valence-corrected chi connectivity index (χ4v) is 3.37. The molecule has 25 heavy (non-hydrogen) atoms. The predicted octanol–water partition coefficient (Wildman–Crippen LogP) is 2.45. The second-order valence-corrected chi connectivity index (χ2v) is 6.92. The lowest BCUT2D eigenvalue weighted by Crippen LogP contribution is -2.48. The summed E-state index contributed by atoms with van der Waals surface area (Å²) in [5.41, 5.74) is 1.08. The average molecular weight is 344 g/mol. The summed E-state index contributed by atoms with van der Waals surface area (Å²) in [6.07, 6.45) is 3.31. The lowest BCUT2D eigenvalue weighted by molar-refractivity contribution is -0.147. The molecule has 1 saturated heterocycles. The maximum atomic E-state index is 12.9. The Morgan fingerprint density at radius 2 is 2.00 bits per heavy atom. The third-order valence-corrected chi connectivity index (χ3v) is 5.06. The third-order valence-electron chi connectivity index (χ3n) is 5.06. The molecule has 1 heterocycles. The van der Waals surface area contributed by atoms with Crippen LogP contribution in [-0.4, -0.2) is 42.4 Å². The number of carbonyl (C=O) groups is 3. The molecule has 1 N–H and O–H groups in total. The summed E-state index contributed by atoms with van der Waals surface area (Å²) in [5.74, 6) is -0.0714. The Bertz CT molecular complexity index is 688. The molecule has 1 saturated carbocycles. The predicted molar refractivity (Wildman–Crippen MR) is 93.0 cm³/mol. The summed E-state index contributed by atoms with van der Waals surface area (Å²) in [4.78, 5) is 38.5.